The van der Waals surface area contributed by atoms with Crippen molar-refractivity contribution in [2.24, 2.45) is 5.92 Å². The Morgan fingerprint density at radius 3 is 2.48 bits per heavy atom. The van der Waals surface area contributed by atoms with Crippen LogP contribution in [0.15, 0.2) is 30.3 Å². The number of benzene rings is 1. The Morgan fingerprint density at radius 1 is 1.19 bits per heavy atom. The number of nitrogens with one attached hydrogen (secondary N) is 1. The topological polar surface area (TPSA) is 15.3 Å². The second-order valence-electron chi connectivity index (χ2n) is 6.89. The van der Waals surface area contributed by atoms with Crippen LogP contribution in [-0.4, -0.2) is 37.6 Å². The third-order valence-corrected chi connectivity index (χ3v) is 4.56. The molecule has 2 nitrogen and oxygen atoms in total. The molecule has 1 fully saturated rings. The summed E-state index contributed by atoms with van der Waals surface area (Å²) in [6.07, 6.45) is 4.13. The van der Waals surface area contributed by atoms with Crippen LogP contribution in [0.2, 0.25) is 0 Å². The molecule has 2 rings (SSSR count). The lowest BCUT2D eigenvalue weighted by Crippen LogP contribution is -2.46. The fraction of sp³-hybridized carbons (Fsp3) is 0.684. The van der Waals surface area contributed by atoms with E-state index in [2.05, 4.69) is 61.3 Å². The zero-order valence-electron chi connectivity index (χ0n) is 14.1. The van der Waals surface area contributed by atoms with E-state index in [0.29, 0.717) is 0 Å². The predicted molar refractivity (Wildman–Crippen MR) is 91.8 cm³/mol. The van der Waals surface area contributed by atoms with E-state index < -0.39 is 0 Å². The molecule has 21 heavy (non-hydrogen) atoms. The summed E-state index contributed by atoms with van der Waals surface area (Å²) in [4.78, 5) is 2.70. The Morgan fingerprint density at radius 2 is 1.90 bits per heavy atom. The summed E-state index contributed by atoms with van der Waals surface area (Å²) < 4.78 is 0. The fourth-order valence-corrected chi connectivity index (χ4v) is 3.20. The Balaban J connectivity index is 2.09. The Bertz CT molecular complexity index is 399. The van der Waals surface area contributed by atoms with Gasteiger partial charge in [-0.25, -0.2) is 0 Å². The minimum absolute atomic E-state index is 0.196. The maximum Gasteiger partial charge on any atom is 0.0177 e. The second-order valence-corrected chi connectivity index (χ2v) is 6.89. The smallest absolute Gasteiger partial charge is 0.0177 e. The zero-order valence-corrected chi connectivity index (χ0v) is 14.1. The Labute approximate surface area is 130 Å². The van der Waals surface area contributed by atoms with Gasteiger partial charge in [0.15, 0.2) is 0 Å². The molecule has 1 aromatic carbocycles. The van der Waals surface area contributed by atoms with E-state index >= 15 is 0 Å². The highest BCUT2D eigenvalue weighted by atomic mass is 15.1. The predicted octanol–water partition coefficient (Wildman–Crippen LogP) is 3.68. The average molecular weight is 288 g/mol. The molecule has 0 bridgehead atoms. The van der Waals surface area contributed by atoms with Crippen molar-refractivity contribution in [3.8, 4) is 0 Å². The molecule has 0 spiro atoms. The third kappa shape index (κ3) is 5.12. The highest BCUT2D eigenvalue weighted by Crippen LogP contribution is 2.31. The average Bonchev–Trinajstić information content (AvgIpc) is 3.30. The summed E-state index contributed by atoms with van der Waals surface area (Å²) >= 11 is 0. The van der Waals surface area contributed by atoms with Crippen LogP contribution in [0.4, 0.5) is 0 Å². The van der Waals surface area contributed by atoms with Crippen LogP contribution in [0.1, 0.15) is 45.6 Å². The van der Waals surface area contributed by atoms with Gasteiger partial charge in [-0.05, 0) is 43.8 Å². The zero-order chi connectivity index (χ0) is 15.1. The van der Waals surface area contributed by atoms with E-state index in [-0.39, 0.29) is 5.41 Å². The van der Waals surface area contributed by atoms with Crippen LogP contribution in [0.5, 0.6) is 0 Å². The maximum atomic E-state index is 3.58. The van der Waals surface area contributed by atoms with Crippen molar-refractivity contribution in [2.75, 3.05) is 32.7 Å². The molecule has 0 radical (unpaired) electrons. The van der Waals surface area contributed by atoms with Crippen molar-refractivity contribution in [2.45, 2.75) is 45.4 Å². The van der Waals surface area contributed by atoms with E-state index in [1.165, 1.54) is 37.9 Å². The molecule has 1 saturated carbocycles. The second kappa shape index (κ2) is 7.95. The van der Waals surface area contributed by atoms with Crippen molar-refractivity contribution in [1.82, 2.24) is 10.2 Å². The SMILES string of the molecule is CCCN(CC1CC1)CC(C)(CNCC)c1ccccc1. The van der Waals surface area contributed by atoms with Crippen LogP contribution in [0, 0.1) is 5.92 Å². The molecular formula is C19H32N2. The van der Waals surface area contributed by atoms with Gasteiger partial charge in [-0.2, -0.15) is 0 Å². The van der Waals surface area contributed by atoms with Crippen LogP contribution in [0.3, 0.4) is 0 Å². The van der Waals surface area contributed by atoms with Crippen LogP contribution in [0.25, 0.3) is 0 Å². The Hall–Kier alpha value is -0.860. The molecule has 1 unspecified atom stereocenters. The van der Waals surface area contributed by atoms with Gasteiger partial charge >= 0.3 is 0 Å². The normalized spacial score (nSPS) is 17.9. The molecular weight excluding hydrogens is 256 g/mol. The van der Waals surface area contributed by atoms with Gasteiger partial charge in [0.1, 0.15) is 0 Å². The third-order valence-electron chi connectivity index (χ3n) is 4.56. The number of likely N-dealkylation sites (N-methyl/N-ethyl adjacent to an activating group) is 1. The lowest BCUT2D eigenvalue weighted by Gasteiger charge is -2.36. The molecule has 1 aromatic rings. The summed E-state index contributed by atoms with van der Waals surface area (Å²) in [6, 6.07) is 11.0. The van der Waals surface area contributed by atoms with E-state index in [1.807, 2.05) is 0 Å². The van der Waals surface area contributed by atoms with Gasteiger partial charge in [-0.3, -0.25) is 0 Å². The van der Waals surface area contributed by atoms with Crippen LogP contribution >= 0.6 is 0 Å². The van der Waals surface area contributed by atoms with Gasteiger partial charge in [-0.1, -0.05) is 51.1 Å². The molecule has 2 heteroatoms. The number of nitrogens with zero attached hydrogens (tertiary/aromatic N) is 1. The van der Waals surface area contributed by atoms with E-state index in [0.717, 1.165) is 25.6 Å². The number of rotatable bonds is 10. The monoisotopic (exact) mass is 288 g/mol. The summed E-state index contributed by atoms with van der Waals surface area (Å²) in [5.41, 5.74) is 1.66. The van der Waals surface area contributed by atoms with Gasteiger partial charge in [-0.15, -0.1) is 0 Å². The minimum atomic E-state index is 0.196. The first-order chi connectivity index (χ1) is 10.2. The van der Waals surface area contributed by atoms with Gasteiger partial charge in [0, 0.05) is 25.0 Å². The summed E-state index contributed by atoms with van der Waals surface area (Å²) in [6.45, 7) is 12.7. The van der Waals surface area contributed by atoms with Crippen molar-refractivity contribution in [3.63, 3.8) is 0 Å². The summed E-state index contributed by atoms with van der Waals surface area (Å²) in [7, 11) is 0. The molecule has 0 aliphatic heterocycles. The molecule has 1 aliphatic rings. The largest absolute Gasteiger partial charge is 0.316 e. The van der Waals surface area contributed by atoms with E-state index in [1.54, 1.807) is 0 Å². The van der Waals surface area contributed by atoms with Crippen molar-refractivity contribution >= 4 is 0 Å². The van der Waals surface area contributed by atoms with Crippen molar-refractivity contribution < 1.29 is 0 Å². The Kier molecular flexibility index (Phi) is 6.25. The molecule has 1 aliphatic carbocycles. The minimum Gasteiger partial charge on any atom is -0.316 e. The van der Waals surface area contributed by atoms with Gasteiger partial charge in [0.25, 0.3) is 0 Å². The standard InChI is InChI=1S/C19H32N2/c1-4-13-21(14-17-11-12-17)16-19(3,15-20-5-2)18-9-7-6-8-10-18/h6-10,17,20H,4-5,11-16H2,1-3H3. The van der Waals surface area contributed by atoms with Crippen molar-refractivity contribution in [1.29, 1.82) is 0 Å². The van der Waals surface area contributed by atoms with Gasteiger partial charge < -0.3 is 10.2 Å². The first kappa shape index (κ1) is 16.5. The van der Waals surface area contributed by atoms with E-state index in [9.17, 15) is 0 Å². The van der Waals surface area contributed by atoms with Crippen molar-refractivity contribution in [3.05, 3.63) is 35.9 Å². The molecule has 118 valence electrons. The summed E-state index contributed by atoms with van der Waals surface area (Å²) in [5, 5.41) is 3.58. The van der Waals surface area contributed by atoms with Crippen LogP contribution in [-0.2, 0) is 5.41 Å². The molecule has 0 aromatic heterocycles. The van der Waals surface area contributed by atoms with Crippen LogP contribution < -0.4 is 5.32 Å². The maximum absolute atomic E-state index is 3.58. The first-order valence-electron chi connectivity index (χ1n) is 8.66. The summed E-state index contributed by atoms with van der Waals surface area (Å²) in [5.74, 6) is 0.968. The van der Waals surface area contributed by atoms with Gasteiger partial charge in [0.05, 0.1) is 0 Å². The number of hydrogen-bond acceptors (Lipinski definition) is 2. The molecule has 1 atom stereocenters. The lowest BCUT2D eigenvalue weighted by atomic mass is 9.81. The highest BCUT2D eigenvalue weighted by molar-refractivity contribution is 5.25. The molecule has 0 saturated heterocycles. The first-order valence-corrected chi connectivity index (χ1v) is 8.66. The fourth-order valence-electron chi connectivity index (χ4n) is 3.20. The van der Waals surface area contributed by atoms with Gasteiger partial charge in [0.2, 0.25) is 0 Å². The highest BCUT2D eigenvalue weighted by Gasteiger charge is 2.31. The van der Waals surface area contributed by atoms with E-state index in [4.69, 9.17) is 0 Å². The quantitative estimate of drug-likeness (QED) is 0.706. The molecule has 0 heterocycles. The number of hydrogen-bond donors (Lipinski definition) is 1. The molecule has 0 amide bonds. The molecule has 1 N–H and O–H groups in total. The lowest BCUT2D eigenvalue weighted by molar-refractivity contribution is 0.204.